The summed E-state index contributed by atoms with van der Waals surface area (Å²) in [5.74, 6) is 2.45. The summed E-state index contributed by atoms with van der Waals surface area (Å²) in [6, 6.07) is 8.46. The normalized spacial score (nSPS) is 35.8. The number of fused-ring (bicyclic) bond motifs is 1. The van der Waals surface area contributed by atoms with Gasteiger partial charge in [0, 0.05) is 5.02 Å². The third kappa shape index (κ3) is 1.73. The third-order valence-corrected chi connectivity index (χ3v) is 5.62. The summed E-state index contributed by atoms with van der Waals surface area (Å²) in [6.07, 6.45) is 5.59. The van der Waals surface area contributed by atoms with Crippen molar-refractivity contribution >= 4 is 11.6 Å². The minimum atomic E-state index is 0.655. The van der Waals surface area contributed by atoms with Crippen LogP contribution in [0.2, 0.25) is 5.02 Å². The second kappa shape index (κ2) is 4.02. The van der Waals surface area contributed by atoms with Gasteiger partial charge in [0.1, 0.15) is 0 Å². The largest absolute Gasteiger partial charge is 0.0840 e. The Hall–Kier alpha value is -0.490. The lowest BCUT2D eigenvalue weighted by Crippen LogP contribution is -2.21. The number of benzene rings is 1. The molecule has 2 aliphatic carbocycles. The maximum atomic E-state index is 6.37. The second-order valence-electron chi connectivity index (χ2n) is 6.22. The van der Waals surface area contributed by atoms with E-state index in [1.807, 2.05) is 12.1 Å². The van der Waals surface area contributed by atoms with Gasteiger partial charge in [0.2, 0.25) is 0 Å². The first kappa shape index (κ1) is 11.6. The Morgan fingerprint density at radius 1 is 1.29 bits per heavy atom. The molecule has 0 bridgehead atoms. The van der Waals surface area contributed by atoms with E-state index in [1.165, 1.54) is 31.2 Å². The summed E-state index contributed by atoms with van der Waals surface area (Å²) < 4.78 is 0. The van der Waals surface area contributed by atoms with E-state index in [-0.39, 0.29) is 0 Å². The molecule has 0 nitrogen and oxygen atoms in total. The van der Waals surface area contributed by atoms with Crippen molar-refractivity contribution in [2.24, 2.45) is 17.3 Å². The van der Waals surface area contributed by atoms with Crippen LogP contribution in [-0.2, 0) is 0 Å². The van der Waals surface area contributed by atoms with Gasteiger partial charge in [-0.2, -0.15) is 0 Å². The fourth-order valence-corrected chi connectivity index (χ4v) is 4.41. The van der Waals surface area contributed by atoms with Crippen LogP contribution in [0.1, 0.15) is 51.0 Å². The standard InChI is InChI=1S/C16H21Cl/c1-11(2)16-9-5-7-12(14(16)10-16)13-6-3-4-8-15(13)17/h3-4,6,8,11-12,14H,5,7,9-10H2,1-2H3/t12-,14?,16-/m1/s1. The highest BCUT2D eigenvalue weighted by molar-refractivity contribution is 6.31. The van der Waals surface area contributed by atoms with Crippen molar-refractivity contribution in [1.82, 2.24) is 0 Å². The van der Waals surface area contributed by atoms with E-state index in [4.69, 9.17) is 11.6 Å². The minimum Gasteiger partial charge on any atom is -0.0840 e. The van der Waals surface area contributed by atoms with Crippen LogP contribution in [0.3, 0.4) is 0 Å². The Bertz CT molecular complexity index is 423. The van der Waals surface area contributed by atoms with Crippen LogP contribution in [0.25, 0.3) is 0 Å². The Kier molecular flexibility index (Phi) is 2.74. The van der Waals surface area contributed by atoms with Gasteiger partial charge in [-0.15, -0.1) is 0 Å². The van der Waals surface area contributed by atoms with Crippen LogP contribution in [0.5, 0.6) is 0 Å². The van der Waals surface area contributed by atoms with Crippen LogP contribution in [0.15, 0.2) is 24.3 Å². The molecule has 0 heterocycles. The fraction of sp³-hybridized carbons (Fsp3) is 0.625. The summed E-state index contributed by atoms with van der Waals surface area (Å²) in [7, 11) is 0. The number of rotatable bonds is 2. The van der Waals surface area contributed by atoms with Crippen molar-refractivity contribution in [2.45, 2.75) is 45.4 Å². The van der Waals surface area contributed by atoms with Crippen molar-refractivity contribution in [3.63, 3.8) is 0 Å². The molecule has 0 spiro atoms. The smallest absolute Gasteiger partial charge is 0.0440 e. The number of halogens is 1. The zero-order chi connectivity index (χ0) is 12.0. The summed E-state index contributed by atoms with van der Waals surface area (Å²) in [5, 5.41) is 0.976. The van der Waals surface area contributed by atoms with Crippen LogP contribution in [0, 0.1) is 17.3 Å². The molecule has 2 aliphatic rings. The average Bonchev–Trinajstić information content (AvgIpc) is 3.05. The van der Waals surface area contributed by atoms with Crippen molar-refractivity contribution in [1.29, 1.82) is 0 Å². The zero-order valence-electron chi connectivity index (χ0n) is 10.7. The quantitative estimate of drug-likeness (QED) is 0.669. The lowest BCUT2D eigenvalue weighted by Gasteiger charge is -2.32. The summed E-state index contributed by atoms with van der Waals surface area (Å²) in [4.78, 5) is 0. The van der Waals surface area contributed by atoms with E-state index in [2.05, 4.69) is 26.0 Å². The highest BCUT2D eigenvalue weighted by Crippen LogP contribution is 2.69. The molecule has 1 aromatic carbocycles. The molecule has 3 rings (SSSR count). The van der Waals surface area contributed by atoms with Gasteiger partial charge >= 0.3 is 0 Å². The molecule has 0 amide bonds. The Morgan fingerprint density at radius 2 is 2.06 bits per heavy atom. The molecule has 3 atom stereocenters. The molecule has 2 saturated carbocycles. The maximum Gasteiger partial charge on any atom is 0.0440 e. The Morgan fingerprint density at radius 3 is 2.76 bits per heavy atom. The zero-order valence-corrected chi connectivity index (χ0v) is 11.5. The lowest BCUT2D eigenvalue weighted by molar-refractivity contribution is 0.233. The average molecular weight is 249 g/mol. The molecule has 0 saturated heterocycles. The van der Waals surface area contributed by atoms with E-state index >= 15 is 0 Å². The van der Waals surface area contributed by atoms with Gasteiger partial charge in [0.05, 0.1) is 0 Å². The number of hydrogen-bond donors (Lipinski definition) is 0. The van der Waals surface area contributed by atoms with E-state index in [0.717, 1.165) is 22.8 Å². The van der Waals surface area contributed by atoms with E-state index in [0.29, 0.717) is 5.41 Å². The molecule has 92 valence electrons. The van der Waals surface area contributed by atoms with Gasteiger partial charge in [-0.1, -0.05) is 50.1 Å². The van der Waals surface area contributed by atoms with Crippen molar-refractivity contribution in [3.8, 4) is 0 Å². The first-order chi connectivity index (χ1) is 8.15. The monoisotopic (exact) mass is 248 g/mol. The molecular formula is C16H21Cl. The van der Waals surface area contributed by atoms with Crippen LogP contribution < -0.4 is 0 Å². The van der Waals surface area contributed by atoms with Crippen LogP contribution >= 0.6 is 11.6 Å². The SMILES string of the molecule is CC(C)[C@]12CCC[C@H](c3ccccc3Cl)C1C2. The van der Waals surface area contributed by atoms with Gasteiger partial charge < -0.3 is 0 Å². The van der Waals surface area contributed by atoms with Crippen molar-refractivity contribution < 1.29 is 0 Å². The van der Waals surface area contributed by atoms with E-state index < -0.39 is 0 Å². The maximum absolute atomic E-state index is 6.37. The molecule has 0 N–H and O–H groups in total. The molecule has 0 aliphatic heterocycles. The highest BCUT2D eigenvalue weighted by atomic mass is 35.5. The fourth-order valence-electron chi connectivity index (χ4n) is 4.13. The second-order valence-corrected chi connectivity index (χ2v) is 6.63. The molecule has 0 radical (unpaired) electrons. The predicted molar refractivity (Wildman–Crippen MR) is 73.4 cm³/mol. The number of hydrogen-bond acceptors (Lipinski definition) is 0. The molecule has 1 aromatic rings. The van der Waals surface area contributed by atoms with Crippen molar-refractivity contribution in [2.75, 3.05) is 0 Å². The summed E-state index contributed by atoms with van der Waals surface area (Å²) >= 11 is 6.37. The van der Waals surface area contributed by atoms with Gasteiger partial charge in [-0.3, -0.25) is 0 Å². The highest BCUT2D eigenvalue weighted by Gasteiger charge is 2.60. The van der Waals surface area contributed by atoms with Gasteiger partial charge in [0.15, 0.2) is 0 Å². The molecule has 2 fully saturated rings. The third-order valence-electron chi connectivity index (χ3n) is 5.28. The Balaban J connectivity index is 1.89. The minimum absolute atomic E-state index is 0.655. The molecule has 1 heteroatoms. The molecule has 1 unspecified atom stereocenters. The van der Waals surface area contributed by atoms with Crippen molar-refractivity contribution in [3.05, 3.63) is 34.9 Å². The van der Waals surface area contributed by atoms with Crippen LogP contribution in [-0.4, -0.2) is 0 Å². The van der Waals surface area contributed by atoms with Gasteiger partial charge in [0.25, 0.3) is 0 Å². The van der Waals surface area contributed by atoms with Gasteiger partial charge in [-0.25, -0.2) is 0 Å². The Labute approximate surface area is 109 Å². The summed E-state index contributed by atoms with van der Waals surface area (Å²) in [5.41, 5.74) is 2.06. The lowest BCUT2D eigenvalue weighted by atomic mass is 9.73. The predicted octanol–water partition coefficient (Wildman–Crippen LogP) is 5.27. The first-order valence-electron chi connectivity index (χ1n) is 6.89. The molecule has 17 heavy (non-hydrogen) atoms. The topological polar surface area (TPSA) is 0 Å². The summed E-state index contributed by atoms with van der Waals surface area (Å²) in [6.45, 7) is 4.80. The molecule has 0 aromatic heterocycles. The van der Waals surface area contributed by atoms with E-state index in [1.54, 1.807) is 0 Å². The van der Waals surface area contributed by atoms with Gasteiger partial charge in [-0.05, 0) is 54.1 Å². The molecular weight excluding hydrogens is 228 g/mol. The van der Waals surface area contributed by atoms with E-state index in [9.17, 15) is 0 Å². The first-order valence-corrected chi connectivity index (χ1v) is 7.27. The van der Waals surface area contributed by atoms with Crippen LogP contribution in [0.4, 0.5) is 0 Å².